The molecule has 2 aromatic rings. The third-order valence-corrected chi connectivity index (χ3v) is 7.51. The Kier molecular flexibility index (Phi) is 6.96. The molecule has 0 saturated carbocycles. The van der Waals surface area contributed by atoms with Crippen molar-refractivity contribution in [3.63, 3.8) is 0 Å². The van der Waals surface area contributed by atoms with Gasteiger partial charge in [-0.05, 0) is 30.7 Å². The van der Waals surface area contributed by atoms with E-state index in [4.69, 9.17) is 9.47 Å². The molecule has 1 saturated heterocycles. The molecule has 0 atom stereocenters. The second kappa shape index (κ2) is 9.42. The Hall–Kier alpha value is -1.79. The van der Waals surface area contributed by atoms with Crippen molar-refractivity contribution in [3.05, 3.63) is 59.2 Å². The average molecular weight is 404 g/mol. The van der Waals surface area contributed by atoms with Gasteiger partial charge in [-0.2, -0.15) is 0 Å². The molecule has 0 radical (unpaired) electrons. The molecule has 2 aromatic carbocycles. The number of aryl methyl sites for hydroxylation is 1. The van der Waals surface area contributed by atoms with Crippen LogP contribution < -0.4 is 9.47 Å². The van der Waals surface area contributed by atoms with Crippen LogP contribution in [0.4, 0.5) is 0 Å². The molecule has 4 nitrogen and oxygen atoms in total. The zero-order valence-corrected chi connectivity index (χ0v) is 17.6. The van der Waals surface area contributed by atoms with Gasteiger partial charge in [-0.25, -0.2) is 0 Å². The largest absolute Gasteiger partial charge is 0.496 e. The minimum Gasteiger partial charge on any atom is -0.496 e. The van der Waals surface area contributed by atoms with Crippen molar-refractivity contribution in [2.45, 2.75) is 18.1 Å². The normalized spacial score (nSPS) is 14.2. The monoisotopic (exact) mass is 403 g/mol. The molecule has 0 aromatic heterocycles. The lowest BCUT2D eigenvalue weighted by molar-refractivity contribution is -0.132. The van der Waals surface area contributed by atoms with Gasteiger partial charge in [-0.15, -0.1) is 23.5 Å². The number of methoxy groups -OCH3 is 1. The Labute approximate surface area is 169 Å². The molecular weight excluding hydrogens is 378 g/mol. The standard InChI is InChI=1S/C21H25NO3S2/c1-15-4-9-19(24-3)17(12-15)13-22(2)20(23)14-25-18-7-5-16(6-8-18)21-26-10-11-27-21/h4-9,12,21H,10-11,13-14H2,1-3H3. The number of amides is 1. The van der Waals surface area contributed by atoms with Gasteiger partial charge in [0.1, 0.15) is 11.5 Å². The maximum Gasteiger partial charge on any atom is 0.260 e. The summed E-state index contributed by atoms with van der Waals surface area (Å²) < 4.78 is 11.6. The van der Waals surface area contributed by atoms with Crippen molar-refractivity contribution in [1.29, 1.82) is 0 Å². The van der Waals surface area contributed by atoms with Gasteiger partial charge in [0, 0.05) is 30.7 Å². The van der Waals surface area contributed by atoms with Gasteiger partial charge in [0.25, 0.3) is 5.91 Å². The van der Waals surface area contributed by atoms with Crippen LogP contribution in [0.5, 0.6) is 11.5 Å². The summed E-state index contributed by atoms with van der Waals surface area (Å²) in [5.74, 6) is 3.87. The van der Waals surface area contributed by atoms with Crippen molar-refractivity contribution in [3.8, 4) is 11.5 Å². The number of carbonyl (C=O) groups excluding carboxylic acids is 1. The second-order valence-electron chi connectivity index (χ2n) is 6.50. The lowest BCUT2D eigenvalue weighted by Gasteiger charge is -2.19. The molecule has 1 heterocycles. The molecule has 27 heavy (non-hydrogen) atoms. The number of thioether (sulfide) groups is 2. The van der Waals surface area contributed by atoms with Gasteiger partial charge >= 0.3 is 0 Å². The molecule has 1 aliphatic rings. The fourth-order valence-electron chi connectivity index (χ4n) is 2.90. The fraction of sp³-hybridized carbons (Fsp3) is 0.381. The summed E-state index contributed by atoms with van der Waals surface area (Å²) in [5, 5.41) is 0. The molecule has 1 aliphatic heterocycles. The molecule has 6 heteroatoms. The fourth-order valence-corrected chi connectivity index (χ4v) is 5.76. The van der Waals surface area contributed by atoms with E-state index in [9.17, 15) is 4.79 Å². The lowest BCUT2D eigenvalue weighted by atomic mass is 10.1. The van der Waals surface area contributed by atoms with Crippen LogP contribution in [0, 0.1) is 6.92 Å². The zero-order chi connectivity index (χ0) is 19.2. The highest BCUT2D eigenvalue weighted by molar-refractivity contribution is 8.19. The highest BCUT2D eigenvalue weighted by atomic mass is 32.2. The van der Waals surface area contributed by atoms with E-state index < -0.39 is 0 Å². The van der Waals surface area contributed by atoms with E-state index in [0.29, 0.717) is 11.1 Å². The molecule has 1 fully saturated rings. The Morgan fingerprint density at radius 1 is 1.15 bits per heavy atom. The predicted octanol–water partition coefficient (Wildman–Crippen LogP) is 4.52. The minimum atomic E-state index is -0.0652. The maximum atomic E-state index is 12.4. The molecule has 0 aliphatic carbocycles. The third-order valence-electron chi connectivity index (χ3n) is 4.41. The Morgan fingerprint density at radius 3 is 2.52 bits per heavy atom. The van der Waals surface area contributed by atoms with Gasteiger partial charge in [0.2, 0.25) is 0 Å². The van der Waals surface area contributed by atoms with Gasteiger partial charge < -0.3 is 14.4 Å². The summed E-state index contributed by atoms with van der Waals surface area (Å²) in [6.45, 7) is 2.54. The maximum absolute atomic E-state index is 12.4. The van der Waals surface area contributed by atoms with Crippen LogP contribution in [0.25, 0.3) is 0 Å². The highest BCUT2D eigenvalue weighted by Crippen LogP contribution is 2.45. The first kappa shape index (κ1) is 20.0. The molecule has 0 N–H and O–H groups in total. The number of nitrogens with zero attached hydrogens (tertiary/aromatic N) is 1. The molecule has 1 amide bonds. The van der Waals surface area contributed by atoms with Crippen LogP contribution >= 0.6 is 23.5 Å². The molecule has 0 spiro atoms. The van der Waals surface area contributed by atoms with Gasteiger partial charge in [0.05, 0.1) is 11.7 Å². The summed E-state index contributed by atoms with van der Waals surface area (Å²) in [5.41, 5.74) is 3.44. The molecule has 0 bridgehead atoms. The van der Waals surface area contributed by atoms with E-state index in [1.807, 2.05) is 60.8 Å². The molecule has 144 valence electrons. The van der Waals surface area contributed by atoms with E-state index in [0.717, 1.165) is 22.6 Å². The number of rotatable bonds is 7. The quantitative estimate of drug-likeness (QED) is 0.680. The van der Waals surface area contributed by atoms with Crippen molar-refractivity contribution in [1.82, 2.24) is 4.90 Å². The van der Waals surface area contributed by atoms with Gasteiger partial charge in [0.15, 0.2) is 6.61 Å². The number of hydrogen-bond donors (Lipinski definition) is 0. The average Bonchev–Trinajstić information content (AvgIpc) is 3.21. The topological polar surface area (TPSA) is 38.8 Å². The van der Waals surface area contributed by atoms with Crippen molar-refractivity contribution in [2.24, 2.45) is 0 Å². The number of carbonyl (C=O) groups is 1. The van der Waals surface area contributed by atoms with Crippen LogP contribution in [0.2, 0.25) is 0 Å². The first-order valence-corrected chi connectivity index (χ1v) is 11.0. The van der Waals surface area contributed by atoms with Crippen LogP contribution in [-0.2, 0) is 11.3 Å². The summed E-state index contributed by atoms with van der Waals surface area (Å²) in [4.78, 5) is 14.1. The van der Waals surface area contributed by atoms with E-state index in [-0.39, 0.29) is 12.5 Å². The predicted molar refractivity (Wildman–Crippen MR) is 114 cm³/mol. The third kappa shape index (κ3) is 5.36. The zero-order valence-electron chi connectivity index (χ0n) is 15.9. The molecule has 3 rings (SSSR count). The van der Waals surface area contributed by atoms with E-state index in [1.165, 1.54) is 17.1 Å². The first-order chi connectivity index (χ1) is 13.1. The Morgan fingerprint density at radius 2 is 1.85 bits per heavy atom. The first-order valence-electron chi connectivity index (χ1n) is 8.90. The van der Waals surface area contributed by atoms with Gasteiger partial charge in [-0.3, -0.25) is 4.79 Å². The van der Waals surface area contributed by atoms with E-state index >= 15 is 0 Å². The van der Waals surface area contributed by atoms with Crippen LogP contribution in [0.15, 0.2) is 42.5 Å². The van der Waals surface area contributed by atoms with Gasteiger partial charge in [-0.1, -0.05) is 29.8 Å². The molecular formula is C21H25NO3S2. The Balaban J connectivity index is 1.53. The summed E-state index contributed by atoms with van der Waals surface area (Å²) in [6, 6.07) is 14.1. The van der Waals surface area contributed by atoms with Crippen LogP contribution in [-0.4, -0.2) is 43.1 Å². The Bertz CT molecular complexity index is 773. The minimum absolute atomic E-state index is 0.0247. The van der Waals surface area contributed by atoms with Crippen molar-refractivity contribution in [2.75, 3.05) is 32.3 Å². The number of benzene rings is 2. The van der Waals surface area contributed by atoms with E-state index in [1.54, 1.807) is 19.1 Å². The van der Waals surface area contributed by atoms with Crippen LogP contribution in [0.3, 0.4) is 0 Å². The van der Waals surface area contributed by atoms with E-state index in [2.05, 4.69) is 12.1 Å². The smallest absolute Gasteiger partial charge is 0.260 e. The summed E-state index contributed by atoms with van der Waals surface area (Å²) >= 11 is 3.96. The van der Waals surface area contributed by atoms with Crippen molar-refractivity contribution >= 4 is 29.4 Å². The number of likely N-dealkylation sites (N-methyl/N-ethyl adjacent to an activating group) is 1. The summed E-state index contributed by atoms with van der Waals surface area (Å²) in [6.07, 6.45) is 0. The van der Waals surface area contributed by atoms with Crippen LogP contribution in [0.1, 0.15) is 21.3 Å². The second-order valence-corrected chi connectivity index (χ2v) is 9.22. The van der Waals surface area contributed by atoms with Crippen molar-refractivity contribution < 1.29 is 14.3 Å². The SMILES string of the molecule is COc1ccc(C)cc1CN(C)C(=O)COc1ccc(C2SCCS2)cc1. The number of hydrogen-bond acceptors (Lipinski definition) is 5. The number of ether oxygens (including phenoxy) is 2. The highest BCUT2D eigenvalue weighted by Gasteiger charge is 2.18. The molecule has 0 unspecified atom stereocenters. The lowest BCUT2D eigenvalue weighted by Crippen LogP contribution is -2.31. The summed E-state index contributed by atoms with van der Waals surface area (Å²) in [7, 11) is 3.43.